The highest BCUT2D eigenvalue weighted by Gasteiger charge is 2.19. The fraction of sp³-hybridized carbons (Fsp3) is 0.917. The molecule has 1 heterocycles. The average molecular weight is 244 g/mol. The molecule has 0 saturated carbocycles. The topological polar surface area (TPSA) is 32.3 Å². The largest absolute Gasteiger partial charge is 0.342 e. The van der Waals surface area contributed by atoms with Gasteiger partial charge in [-0.05, 0) is 45.0 Å². The Hall–Kier alpha value is -0.220. The highest BCUT2D eigenvalue weighted by molar-refractivity contribution is 7.98. The lowest BCUT2D eigenvalue weighted by Crippen LogP contribution is -2.36. The second kappa shape index (κ2) is 7.17. The third kappa shape index (κ3) is 4.34. The number of carbonyl (C=O) groups excluding carboxylic acids is 1. The molecule has 16 heavy (non-hydrogen) atoms. The van der Waals surface area contributed by atoms with Gasteiger partial charge in [0.25, 0.3) is 0 Å². The van der Waals surface area contributed by atoms with Gasteiger partial charge in [0, 0.05) is 25.3 Å². The smallest absolute Gasteiger partial charge is 0.222 e. The van der Waals surface area contributed by atoms with E-state index < -0.39 is 0 Å². The van der Waals surface area contributed by atoms with Gasteiger partial charge in [-0.15, -0.1) is 0 Å². The summed E-state index contributed by atoms with van der Waals surface area (Å²) in [5.41, 5.74) is 0. The molecule has 0 radical (unpaired) electrons. The predicted molar refractivity (Wildman–Crippen MR) is 70.8 cm³/mol. The molecule has 4 heteroatoms. The van der Waals surface area contributed by atoms with E-state index >= 15 is 0 Å². The quantitative estimate of drug-likeness (QED) is 0.770. The van der Waals surface area contributed by atoms with Gasteiger partial charge in [-0.2, -0.15) is 11.8 Å². The van der Waals surface area contributed by atoms with Crippen LogP contribution < -0.4 is 5.32 Å². The number of nitrogens with zero attached hydrogens (tertiary/aromatic N) is 1. The molecule has 2 atom stereocenters. The van der Waals surface area contributed by atoms with Gasteiger partial charge in [0.05, 0.1) is 0 Å². The SMILES string of the molecule is CSCC(C)N(C)C(=O)CCC1CCNC1. The molecule has 0 bridgehead atoms. The van der Waals surface area contributed by atoms with Crippen molar-refractivity contribution in [2.45, 2.75) is 32.2 Å². The van der Waals surface area contributed by atoms with Crippen molar-refractivity contribution in [2.75, 3.05) is 32.1 Å². The summed E-state index contributed by atoms with van der Waals surface area (Å²) in [6, 6.07) is 0.351. The van der Waals surface area contributed by atoms with Crippen molar-refractivity contribution < 1.29 is 4.79 Å². The molecule has 2 unspecified atom stereocenters. The first kappa shape index (κ1) is 13.8. The van der Waals surface area contributed by atoms with E-state index in [9.17, 15) is 4.79 Å². The Morgan fingerprint density at radius 3 is 2.94 bits per heavy atom. The second-order valence-corrected chi connectivity index (χ2v) is 5.62. The van der Waals surface area contributed by atoms with Crippen LogP contribution in [0, 0.1) is 5.92 Å². The Balaban J connectivity index is 2.22. The standard InChI is InChI=1S/C12H24N2OS/c1-10(9-16-3)14(2)12(15)5-4-11-6-7-13-8-11/h10-11,13H,4-9H2,1-3H3. The molecule has 1 aliphatic heterocycles. The number of hydrogen-bond acceptors (Lipinski definition) is 3. The summed E-state index contributed by atoms with van der Waals surface area (Å²) in [6.45, 7) is 4.33. The maximum Gasteiger partial charge on any atom is 0.222 e. The summed E-state index contributed by atoms with van der Waals surface area (Å²) in [5.74, 6) is 2.04. The van der Waals surface area contributed by atoms with Gasteiger partial charge >= 0.3 is 0 Å². The van der Waals surface area contributed by atoms with Crippen LogP contribution in [0.1, 0.15) is 26.2 Å². The van der Waals surface area contributed by atoms with Crippen LogP contribution in [0.2, 0.25) is 0 Å². The predicted octanol–water partition coefficient (Wildman–Crippen LogP) is 1.59. The normalized spacial score (nSPS) is 22.1. The zero-order chi connectivity index (χ0) is 12.0. The van der Waals surface area contributed by atoms with Crippen molar-refractivity contribution >= 4 is 17.7 Å². The van der Waals surface area contributed by atoms with E-state index in [0.29, 0.717) is 24.3 Å². The maximum atomic E-state index is 11.9. The summed E-state index contributed by atoms with van der Waals surface area (Å²) < 4.78 is 0. The second-order valence-electron chi connectivity index (χ2n) is 4.71. The van der Waals surface area contributed by atoms with Gasteiger partial charge in [-0.3, -0.25) is 4.79 Å². The van der Waals surface area contributed by atoms with Crippen LogP contribution >= 0.6 is 11.8 Å². The molecule has 1 N–H and O–H groups in total. The van der Waals surface area contributed by atoms with Crippen molar-refractivity contribution in [3.63, 3.8) is 0 Å². The maximum absolute atomic E-state index is 11.9. The molecular weight excluding hydrogens is 220 g/mol. The van der Waals surface area contributed by atoms with Crippen LogP contribution in [0.15, 0.2) is 0 Å². The van der Waals surface area contributed by atoms with Crippen molar-refractivity contribution in [1.29, 1.82) is 0 Å². The highest BCUT2D eigenvalue weighted by Crippen LogP contribution is 2.15. The van der Waals surface area contributed by atoms with E-state index in [1.54, 1.807) is 11.8 Å². The van der Waals surface area contributed by atoms with Crippen molar-refractivity contribution in [2.24, 2.45) is 5.92 Å². The minimum Gasteiger partial charge on any atom is -0.342 e. The van der Waals surface area contributed by atoms with Gasteiger partial charge < -0.3 is 10.2 Å². The molecule has 0 aromatic heterocycles. The molecule has 1 saturated heterocycles. The first-order chi connectivity index (χ1) is 7.65. The fourth-order valence-corrected chi connectivity index (χ4v) is 2.77. The summed E-state index contributed by atoms with van der Waals surface area (Å²) in [5, 5.41) is 3.34. The Bertz CT molecular complexity index is 217. The monoisotopic (exact) mass is 244 g/mol. The third-order valence-electron chi connectivity index (χ3n) is 3.39. The Morgan fingerprint density at radius 2 is 2.38 bits per heavy atom. The molecule has 94 valence electrons. The van der Waals surface area contributed by atoms with E-state index in [-0.39, 0.29) is 0 Å². The minimum atomic E-state index is 0.299. The highest BCUT2D eigenvalue weighted by atomic mass is 32.2. The summed E-state index contributed by atoms with van der Waals surface area (Å²) >= 11 is 1.79. The lowest BCUT2D eigenvalue weighted by molar-refractivity contribution is -0.131. The number of rotatable bonds is 6. The molecule has 1 fully saturated rings. The van der Waals surface area contributed by atoms with Gasteiger partial charge in [-0.25, -0.2) is 0 Å². The van der Waals surface area contributed by atoms with E-state index in [0.717, 1.165) is 25.3 Å². The Labute approximate surface area is 103 Å². The van der Waals surface area contributed by atoms with Crippen molar-refractivity contribution in [3.8, 4) is 0 Å². The molecule has 3 nitrogen and oxygen atoms in total. The molecular formula is C12H24N2OS. The van der Waals surface area contributed by atoms with E-state index in [4.69, 9.17) is 0 Å². The number of nitrogens with one attached hydrogen (secondary N) is 1. The third-order valence-corrected chi connectivity index (χ3v) is 4.21. The van der Waals surface area contributed by atoms with Gasteiger partial charge in [0.1, 0.15) is 0 Å². The van der Waals surface area contributed by atoms with Gasteiger partial charge in [0.15, 0.2) is 0 Å². The van der Waals surface area contributed by atoms with Crippen molar-refractivity contribution in [3.05, 3.63) is 0 Å². The molecule has 0 aliphatic carbocycles. The van der Waals surface area contributed by atoms with Crippen LogP contribution in [0.5, 0.6) is 0 Å². The number of carbonyl (C=O) groups is 1. The lowest BCUT2D eigenvalue weighted by Gasteiger charge is -2.24. The van der Waals surface area contributed by atoms with Gasteiger partial charge in [-0.1, -0.05) is 0 Å². The fourth-order valence-electron chi connectivity index (χ4n) is 2.06. The molecule has 0 aromatic rings. The summed E-state index contributed by atoms with van der Waals surface area (Å²) in [6.07, 6.45) is 5.07. The lowest BCUT2D eigenvalue weighted by atomic mass is 10.0. The molecule has 1 amide bonds. The Morgan fingerprint density at radius 1 is 1.62 bits per heavy atom. The number of thioether (sulfide) groups is 1. The molecule has 1 rings (SSSR count). The van der Waals surface area contributed by atoms with Crippen molar-refractivity contribution in [1.82, 2.24) is 10.2 Å². The zero-order valence-corrected chi connectivity index (χ0v) is 11.5. The van der Waals surface area contributed by atoms with Crippen LogP contribution in [0.4, 0.5) is 0 Å². The van der Waals surface area contributed by atoms with Crippen LogP contribution in [0.25, 0.3) is 0 Å². The zero-order valence-electron chi connectivity index (χ0n) is 10.7. The first-order valence-corrected chi connectivity index (χ1v) is 7.49. The summed E-state index contributed by atoms with van der Waals surface area (Å²) in [4.78, 5) is 13.8. The van der Waals surface area contributed by atoms with Crippen LogP contribution in [-0.2, 0) is 4.79 Å². The van der Waals surface area contributed by atoms with E-state index in [1.807, 2.05) is 11.9 Å². The van der Waals surface area contributed by atoms with E-state index in [1.165, 1.54) is 6.42 Å². The van der Waals surface area contributed by atoms with E-state index in [2.05, 4.69) is 18.5 Å². The Kier molecular flexibility index (Phi) is 6.21. The molecule has 0 spiro atoms. The molecule has 1 aliphatic rings. The summed E-state index contributed by atoms with van der Waals surface area (Å²) in [7, 11) is 1.93. The first-order valence-electron chi connectivity index (χ1n) is 6.10. The van der Waals surface area contributed by atoms with Crippen LogP contribution in [0.3, 0.4) is 0 Å². The van der Waals surface area contributed by atoms with Gasteiger partial charge in [0.2, 0.25) is 5.91 Å². The van der Waals surface area contributed by atoms with Crippen LogP contribution in [-0.4, -0.2) is 49.0 Å². The average Bonchev–Trinajstić information content (AvgIpc) is 2.78. The number of amides is 1. The number of hydrogen-bond donors (Lipinski definition) is 1. The molecule has 0 aromatic carbocycles. The minimum absolute atomic E-state index is 0.299.